The number of esters is 1. The molecule has 1 saturated carbocycles. The first-order chi connectivity index (χ1) is 8.97. The van der Waals surface area contributed by atoms with Crippen LogP contribution in [0.25, 0.3) is 0 Å². The highest BCUT2D eigenvalue weighted by atomic mass is 32.2. The van der Waals surface area contributed by atoms with Crippen LogP contribution in [0, 0.1) is 17.8 Å². The molecular formula is C14H24O4S. The minimum absolute atomic E-state index is 0.00167. The molecule has 4 nitrogen and oxygen atoms in total. The minimum Gasteiger partial charge on any atom is -0.459 e. The molecule has 0 aromatic heterocycles. The number of ether oxygens (including phenoxy) is 2. The van der Waals surface area contributed by atoms with E-state index in [1.165, 1.54) is 18.2 Å². The number of hydrogen-bond donors (Lipinski definition) is 1. The fraction of sp³-hybridized carbons (Fsp3) is 0.929. The molecule has 0 aromatic rings. The van der Waals surface area contributed by atoms with E-state index < -0.39 is 11.7 Å². The van der Waals surface area contributed by atoms with Crippen LogP contribution >= 0.6 is 11.8 Å². The molecule has 0 bridgehead atoms. The summed E-state index contributed by atoms with van der Waals surface area (Å²) in [5.74, 6) is 1.68. The first kappa shape index (κ1) is 15.1. The van der Waals surface area contributed by atoms with Crippen molar-refractivity contribution in [1.82, 2.24) is 0 Å². The van der Waals surface area contributed by atoms with Gasteiger partial charge in [0.05, 0.1) is 0 Å². The first-order valence-electron chi connectivity index (χ1n) is 7.13. The summed E-state index contributed by atoms with van der Waals surface area (Å²) in [7, 11) is 0. The molecule has 1 heterocycles. The van der Waals surface area contributed by atoms with Crippen molar-refractivity contribution in [2.24, 2.45) is 17.8 Å². The second-order valence-corrected chi connectivity index (χ2v) is 7.15. The van der Waals surface area contributed by atoms with Crippen molar-refractivity contribution in [3.05, 3.63) is 0 Å². The predicted octanol–water partition coefficient (Wildman–Crippen LogP) is 2.40. The van der Waals surface area contributed by atoms with E-state index >= 15 is 0 Å². The molecule has 1 N–H and O–H groups in total. The molecule has 19 heavy (non-hydrogen) atoms. The van der Waals surface area contributed by atoms with Gasteiger partial charge in [-0.1, -0.05) is 27.2 Å². The molecule has 0 radical (unpaired) electrons. The Bertz CT molecular complexity index is 321. The molecule has 2 aliphatic rings. The predicted molar refractivity (Wildman–Crippen MR) is 74.6 cm³/mol. The quantitative estimate of drug-likeness (QED) is 0.808. The maximum absolute atomic E-state index is 12.1. The lowest BCUT2D eigenvalue weighted by Gasteiger charge is -2.37. The van der Waals surface area contributed by atoms with Crippen LogP contribution in [-0.2, 0) is 14.3 Å². The Balaban J connectivity index is 1.92. The summed E-state index contributed by atoms with van der Waals surface area (Å²) in [6.45, 7) is 6.58. The largest absolute Gasteiger partial charge is 0.459 e. The number of carbonyl (C=O) groups is 1. The van der Waals surface area contributed by atoms with E-state index in [2.05, 4.69) is 20.8 Å². The maximum atomic E-state index is 12.1. The normalized spacial score (nSPS) is 39.5. The number of aliphatic hydroxyl groups excluding tert-OH is 1. The lowest BCUT2D eigenvalue weighted by Crippen LogP contribution is -2.38. The van der Waals surface area contributed by atoms with E-state index in [0.29, 0.717) is 23.5 Å². The number of aliphatic hydroxyl groups is 1. The molecular weight excluding hydrogens is 264 g/mol. The van der Waals surface area contributed by atoms with Crippen molar-refractivity contribution >= 4 is 17.7 Å². The van der Waals surface area contributed by atoms with E-state index in [0.717, 1.165) is 12.8 Å². The molecule has 1 aliphatic heterocycles. The van der Waals surface area contributed by atoms with E-state index in [-0.39, 0.29) is 12.1 Å². The third-order valence-electron chi connectivity index (χ3n) is 4.09. The molecule has 1 unspecified atom stereocenters. The molecule has 2 fully saturated rings. The Hall–Kier alpha value is -0.260. The van der Waals surface area contributed by atoms with Crippen molar-refractivity contribution < 1.29 is 19.4 Å². The van der Waals surface area contributed by atoms with Gasteiger partial charge in [-0.05, 0) is 30.6 Å². The fourth-order valence-corrected chi connectivity index (χ4v) is 3.79. The first-order valence-corrected chi connectivity index (χ1v) is 8.18. The van der Waals surface area contributed by atoms with E-state index in [9.17, 15) is 9.90 Å². The maximum Gasteiger partial charge on any atom is 0.346 e. The van der Waals surface area contributed by atoms with Crippen LogP contribution in [-0.4, -0.2) is 34.7 Å². The Labute approximate surface area is 119 Å². The van der Waals surface area contributed by atoms with Crippen molar-refractivity contribution in [2.75, 3.05) is 5.75 Å². The van der Waals surface area contributed by atoms with Crippen LogP contribution in [0.4, 0.5) is 0 Å². The zero-order valence-electron chi connectivity index (χ0n) is 11.9. The van der Waals surface area contributed by atoms with Gasteiger partial charge < -0.3 is 14.6 Å². The summed E-state index contributed by atoms with van der Waals surface area (Å²) in [6, 6.07) is 0. The number of carbonyl (C=O) groups excluding carboxylic acids is 1. The standard InChI is InChI=1S/C14H24O4S/c1-8(2)10-5-4-9(3)6-11(10)17-13(16)14-18-12(15)7-19-14/h8-12,14-15H,4-7H2,1-3H3/t9-,10+,11-,12?,14-/m1/s1. The number of thioether (sulfide) groups is 1. The highest BCUT2D eigenvalue weighted by Gasteiger charge is 2.37. The minimum atomic E-state index is -0.839. The Morgan fingerprint density at radius 1 is 1.42 bits per heavy atom. The Kier molecular flexibility index (Phi) is 5.15. The lowest BCUT2D eigenvalue weighted by molar-refractivity contribution is -0.172. The van der Waals surface area contributed by atoms with Gasteiger partial charge in [-0.3, -0.25) is 0 Å². The van der Waals surface area contributed by atoms with Crippen molar-refractivity contribution in [3.63, 3.8) is 0 Å². The lowest BCUT2D eigenvalue weighted by atomic mass is 9.75. The van der Waals surface area contributed by atoms with Crippen LogP contribution in [0.15, 0.2) is 0 Å². The van der Waals surface area contributed by atoms with Gasteiger partial charge in [0.2, 0.25) is 5.44 Å². The summed E-state index contributed by atoms with van der Waals surface area (Å²) in [5, 5.41) is 9.29. The van der Waals surface area contributed by atoms with E-state index in [4.69, 9.17) is 9.47 Å². The molecule has 2 rings (SSSR count). The summed E-state index contributed by atoms with van der Waals surface area (Å²) in [6.07, 6.45) is 2.43. The van der Waals surface area contributed by atoms with Crippen molar-refractivity contribution in [1.29, 1.82) is 0 Å². The van der Waals surface area contributed by atoms with Crippen LogP contribution < -0.4 is 0 Å². The van der Waals surface area contributed by atoms with Crippen LogP contribution in [0.2, 0.25) is 0 Å². The topological polar surface area (TPSA) is 55.8 Å². The van der Waals surface area contributed by atoms with Gasteiger partial charge in [-0.2, -0.15) is 0 Å². The Morgan fingerprint density at radius 2 is 2.16 bits per heavy atom. The molecule has 0 spiro atoms. The smallest absolute Gasteiger partial charge is 0.346 e. The average Bonchev–Trinajstić information content (AvgIpc) is 2.75. The molecule has 110 valence electrons. The summed E-state index contributed by atoms with van der Waals surface area (Å²) in [5.41, 5.74) is -0.653. The zero-order chi connectivity index (χ0) is 14.0. The number of rotatable bonds is 3. The summed E-state index contributed by atoms with van der Waals surface area (Å²) >= 11 is 1.31. The SMILES string of the molecule is CC(C)[C@@H]1CC[C@@H](C)C[C@H]1OC(=O)[C@@H]1OC(O)CS1. The second-order valence-electron chi connectivity index (χ2n) is 6.06. The van der Waals surface area contributed by atoms with Crippen LogP contribution in [0.1, 0.15) is 40.0 Å². The molecule has 5 atom stereocenters. The molecule has 0 aromatic carbocycles. The van der Waals surface area contributed by atoms with Gasteiger partial charge in [0.15, 0.2) is 6.29 Å². The van der Waals surface area contributed by atoms with E-state index in [1.54, 1.807) is 0 Å². The van der Waals surface area contributed by atoms with Crippen LogP contribution in [0.5, 0.6) is 0 Å². The van der Waals surface area contributed by atoms with Gasteiger partial charge in [0, 0.05) is 5.75 Å². The van der Waals surface area contributed by atoms with Gasteiger partial charge in [-0.15, -0.1) is 11.8 Å². The second kappa shape index (κ2) is 6.46. The third-order valence-corrected chi connectivity index (χ3v) is 5.18. The molecule has 1 saturated heterocycles. The van der Waals surface area contributed by atoms with Gasteiger partial charge >= 0.3 is 5.97 Å². The van der Waals surface area contributed by atoms with Gasteiger partial charge in [-0.25, -0.2) is 4.79 Å². The monoisotopic (exact) mass is 288 g/mol. The average molecular weight is 288 g/mol. The molecule has 1 aliphatic carbocycles. The third kappa shape index (κ3) is 3.86. The number of hydrogen-bond acceptors (Lipinski definition) is 5. The van der Waals surface area contributed by atoms with E-state index in [1.807, 2.05) is 0 Å². The zero-order valence-corrected chi connectivity index (χ0v) is 12.7. The van der Waals surface area contributed by atoms with Gasteiger partial charge in [0.1, 0.15) is 6.10 Å². The van der Waals surface area contributed by atoms with Crippen molar-refractivity contribution in [3.8, 4) is 0 Å². The fourth-order valence-electron chi connectivity index (χ4n) is 2.97. The summed E-state index contributed by atoms with van der Waals surface area (Å²) in [4.78, 5) is 12.1. The van der Waals surface area contributed by atoms with Crippen LogP contribution in [0.3, 0.4) is 0 Å². The highest BCUT2D eigenvalue weighted by molar-refractivity contribution is 8.00. The highest BCUT2D eigenvalue weighted by Crippen LogP contribution is 2.36. The van der Waals surface area contributed by atoms with Crippen molar-refractivity contribution in [2.45, 2.75) is 57.9 Å². The Morgan fingerprint density at radius 3 is 2.74 bits per heavy atom. The molecule has 5 heteroatoms. The molecule has 0 amide bonds. The van der Waals surface area contributed by atoms with Gasteiger partial charge in [0.25, 0.3) is 0 Å². The summed E-state index contributed by atoms with van der Waals surface area (Å²) < 4.78 is 10.8.